The molecule has 0 aromatic carbocycles. The molecule has 0 bridgehead atoms. The van der Waals surface area contributed by atoms with E-state index in [1.54, 1.807) is 0 Å². The first-order valence-electron chi connectivity index (χ1n) is 3.36. The molecule has 0 rings (SSSR count). The minimum absolute atomic E-state index is 0. The maximum Gasteiger partial charge on any atom is 1.00 e. The summed E-state index contributed by atoms with van der Waals surface area (Å²) in [6.45, 7) is 0. The van der Waals surface area contributed by atoms with Crippen LogP contribution in [-0.4, -0.2) is 24.4 Å². The van der Waals surface area contributed by atoms with E-state index in [0.29, 0.717) is 0 Å². The predicted molar refractivity (Wildman–Crippen MR) is 34.6 cm³/mol. The molecule has 3 nitrogen and oxygen atoms in total. The molecule has 0 atom stereocenters. The molecule has 0 spiro atoms. The van der Waals surface area contributed by atoms with Crippen LogP contribution in [0.4, 0.5) is 22.0 Å². The third kappa shape index (κ3) is 7.45. The van der Waals surface area contributed by atoms with E-state index in [2.05, 4.69) is 0 Å². The standard InChI is InChI=1S/C5H7F5O3S.Na/c6-4(7,8)2-1-3-5(9,10)14(11,12)13;/h1-3H2,(H,11,12,13);/q;+1/p-1. The second-order valence-corrected chi connectivity index (χ2v) is 4.07. The molecule has 0 N–H and O–H groups in total. The molecule has 0 aromatic rings. The molecule has 0 saturated carbocycles. The van der Waals surface area contributed by atoms with Gasteiger partial charge in [-0.15, -0.1) is 0 Å². The Hall–Kier alpha value is 0.560. The number of halogens is 5. The maximum absolute atomic E-state index is 12.2. The van der Waals surface area contributed by atoms with Crippen molar-refractivity contribution >= 4 is 10.1 Å². The predicted octanol–water partition coefficient (Wildman–Crippen LogP) is -1.14. The van der Waals surface area contributed by atoms with E-state index in [-0.39, 0.29) is 29.6 Å². The Morgan fingerprint density at radius 3 is 1.67 bits per heavy atom. The topological polar surface area (TPSA) is 57.2 Å². The summed E-state index contributed by atoms with van der Waals surface area (Å²) in [5, 5.41) is -4.63. The summed E-state index contributed by atoms with van der Waals surface area (Å²) in [6, 6.07) is 0. The Morgan fingerprint density at radius 1 is 1.00 bits per heavy atom. The van der Waals surface area contributed by atoms with E-state index >= 15 is 0 Å². The summed E-state index contributed by atoms with van der Waals surface area (Å²) in [6.07, 6.45) is -8.89. The van der Waals surface area contributed by atoms with Crippen LogP contribution < -0.4 is 29.6 Å². The Balaban J connectivity index is 0. The van der Waals surface area contributed by atoms with Gasteiger partial charge in [-0.25, -0.2) is 8.42 Å². The minimum Gasteiger partial charge on any atom is -0.743 e. The molecule has 0 fully saturated rings. The summed E-state index contributed by atoms with van der Waals surface area (Å²) >= 11 is 0. The van der Waals surface area contributed by atoms with Crippen LogP contribution in [0.15, 0.2) is 0 Å². The zero-order chi connectivity index (χ0) is 11.6. The Morgan fingerprint density at radius 2 is 1.40 bits per heavy atom. The third-order valence-corrected chi connectivity index (χ3v) is 2.23. The molecule has 0 aromatic heterocycles. The minimum atomic E-state index is -5.87. The molecule has 0 aliphatic rings. The van der Waals surface area contributed by atoms with E-state index in [9.17, 15) is 34.9 Å². The van der Waals surface area contributed by atoms with Crippen molar-refractivity contribution in [2.75, 3.05) is 0 Å². The van der Waals surface area contributed by atoms with Crippen molar-refractivity contribution in [3.8, 4) is 0 Å². The molecule has 0 unspecified atom stereocenters. The van der Waals surface area contributed by atoms with E-state index in [1.807, 2.05) is 0 Å². The van der Waals surface area contributed by atoms with Gasteiger partial charge in [0.1, 0.15) is 0 Å². The van der Waals surface area contributed by atoms with Crippen LogP contribution in [0, 0.1) is 0 Å². The first kappa shape index (κ1) is 17.9. The van der Waals surface area contributed by atoms with Gasteiger partial charge in [0.15, 0.2) is 10.1 Å². The van der Waals surface area contributed by atoms with Gasteiger partial charge in [-0.2, -0.15) is 22.0 Å². The summed E-state index contributed by atoms with van der Waals surface area (Å²) in [5.74, 6) is 0. The SMILES string of the molecule is O=S(=O)([O-])C(F)(F)CCCC(F)(F)F.[Na+]. The zero-order valence-electron chi connectivity index (χ0n) is 7.64. The quantitative estimate of drug-likeness (QED) is 0.366. The monoisotopic (exact) mass is 264 g/mol. The second-order valence-electron chi connectivity index (χ2n) is 2.56. The molecule has 0 amide bonds. The van der Waals surface area contributed by atoms with Crippen molar-refractivity contribution in [3.05, 3.63) is 0 Å². The average molecular weight is 264 g/mol. The van der Waals surface area contributed by atoms with Crippen molar-refractivity contribution in [1.82, 2.24) is 0 Å². The molecule has 0 radical (unpaired) electrons. The van der Waals surface area contributed by atoms with Gasteiger partial charge in [0.25, 0.3) is 0 Å². The van der Waals surface area contributed by atoms with Gasteiger partial charge < -0.3 is 4.55 Å². The average Bonchev–Trinajstić information content (AvgIpc) is 1.80. The molecule has 0 aliphatic carbocycles. The first-order valence-corrected chi connectivity index (χ1v) is 4.76. The number of alkyl halides is 5. The molecule has 0 saturated heterocycles. The van der Waals surface area contributed by atoms with Gasteiger partial charge in [-0.1, -0.05) is 0 Å². The van der Waals surface area contributed by atoms with Gasteiger partial charge in [-0.05, 0) is 6.42 Å². The van der Waals surface area contributed by atoms with E-state index in [0.717, 1.165) is 0 Å². The fourth-order valence-electron chi connectivity index (χ4n) is 0.620. The molecule has 15 heavy (non-hydrogen) atoms. The van der Waals surface area contributed by atoms with E-state index < -0.39 is 40.8 Å². The van der Waals surface area contributed by atoms with Gasteiger partial charge in [0, 0.05) is 12.8 Å². The summed E-state index contributed by atoms with van der Waals surface area (Å²) < 4.78 is 88.3. The molecule has 86 valence electrons. The van der Waals surface area contributed by atoms with Gasteiger partial charge in [0.2, 0.25) is 0 Å². The molecule has 0 heterocycles. The Labute approximate surface area is 105 Å². The van der Waals surface area contributed by atoms with Gasteiger partial charge in [0.05, 0.1) is 0 Å². The van der Waals surface area contributed by atoms with Crippen LogP contribution in [0.25, 0.3) is 0 Å². The Bertz CT molecular complexity index is 286. The van der Waals surface area contributed by atoms with Crippen LogP contribution in [-0.2, 0) is 10.1 Å². The maximum atomic E-state index is 12.2. The normalized spacial score (nSPS) is 13.5. The van der Waals surface area contributed by atoms with Crippen molar-refractivity contribution in [3.63, 3.8) is 0 Å². The largest absolute Gasteiger partial charge is 1.00 e. The van der Waals surface area contributed by atoms with Gasteiger partial charge in [-0.3, -0.25) is 0 Å². The van der Waals surface area contributed by atoms with E-state index in [1.165, 1.54) is 0 Å². The van der Waals surface area contributed by atoms with Crippen LogP contribution in [0.5, 0.6) is 0 Å². The first-order chi connectivity index (χ1) is 5.96. The molecule has 10 heteroatoms. The molecular formula is C5H6F5NaO3S. The summed E-state index contributed by atoms with van der Waals surface area (Å²) in [7, 11) is -5.87. The van der Waals surface area contributed by atoms with E-state index in [4.69, 9.17) is 0 Å². The smallest absolute Gasteiger partial charge is 0.743 e. The zero-order valence-corrected chi connectivity index (χ0v) is 10.5. The fraction of sp³-hybridized carbons (Fsp3) is 1.00. The number of rotatable bonds is 4. The van der Waals surface area contributed by atoms with Crippen molar-refractivity contribution < 1.29 is 64.5 Å². The third-order valence-electron chi connectivity index (χ3n) is 1.29. The van der Waals surface area contributed by atoms with Gasteiger partial charge >= 0.3 is 41.0 Å². The number of hydrogen-bond acceptors (Lipinski definition) is 3. The van der Waals surface area contributed by atoms with Crippen molar-refractivity contribution in [2.45, 2.75) is 30.7 Å². The molecule has 0 aliphatic heterocycles. The molecular weight excluding hydrogens is 258 g/mol. The summed E-state index contributed by atoms with van der Waals surface area (Å²) in [4.78, 5) is 0. The Kier molecular flexibility index (Phi) is 6.89. The number of hydrogen-bond donors (Lipinski definition) is 0. The van der Waals surface area contributed by atoms with Crippen LogP contribution in [0.2, 0.25) is 0 Å². The van der Waals surface area contributed by atoms with Crippen LogP contribution in [0.1, 0.15) is 19.3 Å². The van der Waals surface area contributed by atoms with Crippen molar-refractivity contribution in [1.29, 1.82) is 0 Å². The van der Waals surface area contributed by atoms with Crippen LogP contribution >= 0.6 is 0 Å². The fourth-order valence-corrected chi connectivity index (χ4v) is 1.01. The summed E-state index contributed by atoms with van der Waals surface area (Å²) in [5.41, 5.74) is 0. The second kappa shape index (κ2) is 5.76. The van der Waals surface area contributed by atoms with Crippen LogP contribution in [0.3, 0.4) is 0 Å². The van der Waals surface area contributed by atoms with Crippen molar-refractivity contribution in [2.24, 2.45) is 0 Å².